The minimum Gasteiger partial charge on any atom is -0.379 e. The molecule has 0 fully saturated rings. The third-order valence-corrected chi connectivity index (χ3v) is 3.60. The van der Waals surface area contributed by atoms with Crippen molar-refractivity contribution in [2.75, 3.05) is 5.73 Å². The van der Waals surface area contributed by atoms with Gasteiger partial charge in [-0.15, -0.1) is 0 Å². The Morgan fingerprint density at radius 3 is 2.92 bits per heavy atom. The van der Waals surface area contributed by atoms with Gasteiger partial charge in [-0.2, -0.15) is 0 Å². The summed E-state index contributed by atoms with van der Waals surface area (Å²) >= 11 is 0. The maximum absolute atomic E-state index is 12.2. The number of imidazole rings is 1. The van der Waals surface area contributed by atoms with Crippen molar-refractivity contribution in [2.45, 2.75) is 19.4 Å². The summed E-state index contributed by atoms with van der Waals surface area (Å²) in [7, 11) is 0. The molecule has 1 atom stereocenters. The largest absolute Gasteiger partial charge is 0.379 e. The summed E-state index contributed by atoms with van der Waals surface area (Å²) in [6.45, 7) is 1.88. The zero-order valence-corrected chi connectivity index (χ0v) is 13.6. The van der Waals surface area contributed by atoms with Crippen molar-refractivity contribution in [1.82, 2.24) is 25.3 Å². The molecule has 2 heterocycles. The summed E-state index contributed by atoms with van der Waals surface area (Å²) in [4.78, 5) is 37.3. The lowest BCUT2D eigenvalue weighted by Gasteiger charge is -2.10. The Morgan fingerprint density at radius 1 is 1.36 bits per heavy atom. The van der Waals surface area contributed by atoms with Gasteiger partial charge in [-0.25, -0.2) is 9.97 Å². The number of fused-ring (bicyclic) bond motifs is 1. The van der Waals surface area contributed by atoms with Crippen molar-refractivity contribution in [3.05, 3.63) is 58.4 Å². The van der Waals surface area contributed by atoms with Gasteiger partial charge < -0.3 is 21.0 Å². The summed E-state index contributed by atoms with van der Waals surface area (Å²) in [5, 5.41) is 2.87. The van der Waals surface area contributed by atoms with E-state index in [4.69, 9.17) is 5.73 Å². The number of nitrogens with zero attached hydrogens (tertiary/aromatic N) is 2. The molecule has 5 N–H and O–H groups in total. The number of hydrogen-bond acceptors (Lipinski definition) is 5. The molecule has 0 spiro atoms. The second-order valence-corrected chi connectivity index (χ2v) is 5.67. The summed E-state index contributed by atoms with van der Waals surface area (Å²) in [6.07, 6.45) is 5.62. The predicted octanol–water partition coefficient (Wildman–Crippen LogP) is 1.45. The maximum Gasteiger partial charge on any atom is 0.290 e. The van der Waals surface area contributed by atoms with Gasteiger partial charge in [0.05, 0.1) is 22.9 Å². The van der Waals surface area contributed by atoms with Gasteiger partial charge in [0.15, 0.2) is 11.6 Å². The number of hydrogen-bond donors (Lipinski definition) is 4. The highest BCUT2D eigenvalue weighted by Gasteiger charge is 2.13. The highest BCUT2D eigenvalue weighted by molar-refractivity contribution is 5.94. The van der Waals surface area contributed by atoms with E-state index in [0.717, 1.165) is 11.0 Å². The summed E-state index contributed by atoms with van der Waals surface area (Å²) < 4.78 is 0. The van der Waals surface area contributed by atoms with Crippen LogP contribution in [0.15, 0.2) is 41.3 Å². The molecular formula is C17H18N6O2. The predicted molar refractivity (Wildman–Crippen MR) is 95.9 cm³/mol. The maximum atomic E-state index is 12.2. The van der Waals surface area contributed by atoms with Crippen molar-refractivity contribution in [2.24, 2.45) is 0 Å². The number of H-pyrrole nitrogens is 2. The van der Waals surface area contributed by atoms with Crippen molar-refractivity contribution in [3.63, 3.8) is 0 Å². The average Bonchev–Trinajstić information content (AvgIpc) is 3.02. The molecule has 3 rings (SSSR count). The van der Waals surface area contributed by atoms with Crippen LogP contribution >= 0.6 is 0 Å². The molecule has 0 aliphatic carbocycles. The third kappa shape index (κ3) is 3.92. The number of aromatic amines is 2. The van der Waals surface area contributed by atoms with Crippen molar-refractivity contribution in [3.8, 4) is 0 Å². The Hall–Kier alpha value is -3.42. The molecule has 8 heteroatoms. The van der Waals surface area contributed by atoms with Gasteiger partial charge in [-0.1, -0.05) is 18.2 Å². The molecule has 1 amide bonds. The number of amides is 1. The van der Waals surface area contributed by atoms with E-state index in [1.54, 1.807) is 6.08 Å². The highest BCUT2D eigenvalue weighted by atomic mass is 16.2. The summed E-state index contributed by atoms with van der Waals surface area (Å²) in [5.41, 5.74) is 7.07. The van der Waals surface area contributed by atoms with Crippen LogP contribution in [0.25, 0.3) is 17.1 Å². The molecule has 0 bridgehead atoms. The number of nitrogens with two attached hydrogens (primary N) is 1. The lowest BCUT2D eigenvalue weighted by atomic mass is 10.2. The number of carbonyl (C=O) groups is 1. The van der Waals surface area contributed by atoms with Gasteiger partial charge in [0.1, 0.15) is 0 Å². The molecule has 2 aromatic heterocycles. The molecule has 0 saturated heterocycles. The molecule has 25 heavy (non-hydrogen) atoms. The number of benzene rings is 1. The van der Waals surface area contributed by atoms with Crippen LogP contribution in [0.4, 0.5) is 5.82 Å². The van der Waals surface area contributed by atoms with Crippen LogP contribution in [0.1, 0.15) is 29.7 Å². The first-order chi connectivity index (χ1) is 12.0. The van der Waals surface area contributed by atoms with E-state index >= 15 is 0 Å². The first-order valence-electron chi connectivity index (χ1n) is 7.80. The van der Waals surface area contributed by atoms with E-state index in [0.29, 0.717) is 12.1 Å². The van der Waals surface area contributed by atoms with E-state index in [9.17, 15) is 9.59 Å². The second-order valence-electron chi connectivity index (χ2n) is 5.67. The molecule has 0 aliphatic rings. The standard InChI is InChI=1S/C17H18N6O2/c1-10(5-4-6-11-9-19-14(18)16(24)21-11)20-17(25)15-22-12-7-2-3-8-13(12)23-15/h2-4,6-10H,5H2,1H3,(H2,18,19)(H,20,25)(H,21,24)(H,22,23)/b6-4+/t10-/m0/s1. The smallest absolute Gasteiger partial charge is 0.290 e. The van der Waals surface area contributed by atoms with E-state index in [-0.39, 0.29) is 23.6 Å². The quantitative estimate of drug-likeness (QED) is 0.559. The number of aromatic nitrogens is 4. The number of nitrogen functional groups attached to an aromatic ring is 1. The monoisotopic (exact) mass is 338 g/mol. The third-order valence-electron chi connectivity index (χ3n) is 3.60. The minimum atomic E-state index is -0.423. The molecule has 3 aromatic rings. The number of anilines is 1. The van der Waals surface area contributed by atoms with Gasteiger partial charge in [0, 0.05) is 6.04 Å². The van der Waals surface area contributed by atoms with Gasteiger partial charge in [-0.05, 0) is 31.6 Å². The summed E-state index contributed by atoms with van der Waals surface area (Å²) in [6, 6.07) is 7.36. The molecule has 0 radical (unpaired) electrons. The lowest BCUT2D eigenvalue weighted by Crippen LogP contribution is -2.32. The van der Waals surface area contributed by atoms with E-state index in [1.165, 1.54) is 6.20 Å². The molecule has 8 nitrogen and oxygen atoms in total. The van der Waals surface area contributed by atoms with Crippen LogP contribution in [-0.2, 0) is 0 Å². The molecule has 0 aliphatic heterocycles. The zero-order chi connectivity index (χ0) is 17.8. The van der Waals surface area contributed by atoms with Gasteiger partial charge >= 0.3 is 0 Å². The molecule has 128 valence electrons. The summed E-state index contributed by atoms with van der Waals surface area (Å²) in [5.74, 6) is -0.0487. The topological polar surface area (TPSA) is 130 Å². The Bertz CT molecular complexity index is 955. The van der Waals surface area contributed by atoms with E-state index < -0.39 is 5.56 Å². The van der Waals surface area contributed by atoms with Crippen LogP contribution in [-0.4, -0.2) is 31.9 Å². The van der Waals surface area contributed by atoms with Crippen molar-refractivity contribution < 1.29 is 4.79 Å². The Morgan fingerprint density at radius 2 is 2.16 bits per heavy atom. The normalized spacial score (nSPS) is 12.5. The fourth-order valence-electron chi connectivity index (χ4n) is 2.32. The number of carbonyl (C=O) groups excluding carboxylic acids is 1. The van der Waals surface area contributed by atoms with E-state index in [1.807, 2.05) is 37.3 Å². The SMILES string of the molecule is C[C@@H](C/C=C/c1cnc(N)c(=O)[nH]1)NC(=O)c1nc2ccccc2[nH]1. The number of nitrogens with one attached hydrogen (secondary N) is 3. The zero-order valence-electron chi connectivity index (χ0n) is 13.6. The van der Waals surface area contributed by atoms with Gasteiger partial charge in [0.25, 0.3) is 11.5 Å². The average molecular weight is 338 g/mol. The van der Waals surface area contributed by atoms with Crippen LogP contribution in [0.2, 0.25) is 0 Å². The first kappa shape index (κ1) is 16.4. The molecule has 1 aromatic carbocycles. The van der Waals surface area contributed by atoms with Crippen LogP contribution in [0.5, 0.6) is 0 Å². The number of rotatable bonds is 5. The first-order valence-corrected chi connectivity index (χ1v) is 7.80. The Labute approximate surface area is 143 Å². The molecule has 0 unspecified atom stereocenters. The second kappa shape index (κ2) is 7.00. The fourth-order valence-corrected chi connectivity index (χ4v) is 2.32. The minimum absolute atomic E-state index is 0.0661. The Kier molecular flexibility index (Phi) is 4.60. The Balaban J connectivity index is 1.58. The number of para-hydroxylation sites is 2. The van der Waals surface area contributed by atoms with E-state index in [2.05, 4.69) is 25.3 Å². The van der Waals surface area contributed by atoms with Crippen molar-refractivity contribution >= 4 is 28.8 Å². The van der Waals surface area contributed by atoms with Gasteiger partial charge in [0.2, 0.25) is 0 Å². The molecular weight excluding hydrogens is 320 g/mol. The van der Waals surface area contributed by atoms with Gasteiger partial charge in [-0.3, -0.25) is 9.59 Å². The lowest BCUT2D eigenvalue weighted by molar-refractivity contribution is 0.0931. The van der Waals surface area contributed by atoms with Crippen molar-refractivity contribution in [1.29, 1.82) is 0 Å². The highest BCUT2D eigenvalue weighted by Crippen LogP contribution is 2.10. The van der Waals surface area contributed by atoms with Crippen LogP contribution < -0.4 is 16.6 Å². The molecule has 0 saturated carbocycles. The van der Waals surface area contributed by atoms with Crippen LogP contribution in [0, 0.1) is 0 Å². The van der Waals surface area contributed by atoms with Crippen LogP contribution in [0.3, 0.4) is 0 Å². The fraction of sp³-hybridized carbons (Fsp3) is 0.176.